The summed E-state index contributed by atoms with van der Waals surface area (Å²) in [4.78, 5) is 38.7. The molecule has 2 aromatic rings. The Morgan fingerprint density at radius 1 is 0.951 bits per heavy atom. The number of amides is 3. The topological polar surface area (TPSA) is 113 Å². The first-order chi connectivity index (χ1) is 18.8. The van der Waals surface area contributed by atoms with Gasteiger partial charge in [-0.05, 0) is 53.8 Å². The molecule has 1 aliphatic heterocycles. The van der Waals surface area contributed by atoms with Gasteiger partial charge in [0, 0.05) is 31.5 Å². The van der Waals surface area contributed by atoms with Crippen LogP contribution < -0.4 is 10.6 Å². The highest BCUT2D eigenvalue weighted by atomic mass is 32.2. The second kappa shape index (κ2) is 10.3. The van der Waals surface area contributed by atoms with Gasteiger partial charge in [-0.25, -0.2) is 8.42 Å². The highest BCUT2D eigenvalue weighted by Crippen LogP contribution is 2.54. The molecule has 1 unspecified atom stereocenters. The molecule has 2 aliphatic rings. The monoisotopic (exact) mass is 605 g/mol. The zero-order valence-electron chi connectivity index (χ0n) is 21.7. The van der Waals surface area contributed by atoms with Crippen LogP contribution in [0.5, 0.6) is 0 Å². The lowest BCUT2D eigenvalue weighted by molar-refractivity contribution is -0.303. The van der Waals surface area contributed by atoms with Gasteiger partial charge in [-0.2, -0.15) is 26.3 Å². The summed E-state index contributed by atoms with van der Waals surface area (Å²) in [5.41, 5.74) is -5.18. The highest BCUT2D eigenvalue weighted by Gasteiger charge is 2.72. The predicted octanol–water partition coefficient (Wildman–Crippen LogP) is 4.16. The van der Waals surface area contributed by atoms with Gasteiger partial charge in [0.15, 0.2) is 15.3 Å². The van der Waals surface area contributed by atoms with Gasteiger partial charge in [-0.15, -0.1) is 0 Å². The smallest absolute Gasteiger partial charge is 0.353 e. The van der Waals surface area contributed by atoms with Crippen molar-refractivity contribution in [3.05, 3.63) is 59.2 Å². The Balaban J connectivity index is 1.63. The Hall–Kier alpha value is -3.62. The number of hydrogen-bond donors (Lipinski definition) is 2. The Morgan fingerprint density at radius 2 is 1.54 bits per heavy atom. The number of fused-ring (bicyclic) bond motifs is 1. The molecule has 1 heterocycles. The van der Waals surface area contributed by atoms with Gasteiger partial charge >= 0.3 is 12.4 Å². The van der Waals surface area contributed by atoms with Crippen LogP contribution in [0.15, 0.2) is 47.4 Å². The molecule has 15 heteroatoms. The second-order valence-electron chi connectivity index (χ2n) is 10.2. The number of nitrogens with one attached hydrogen (secondary N) is 2. The van der Waals surface area contributed by atoms with E-state index in [-0.39, 0.29) is 17.1 Å². The Bertz CT molecular complexity index is 1470. The Morgan fingerprint density at radius 3 is 2.02 bits per heavy atom. The molecule has 8 nitrogen and oxygen atoms in total. The fourth-order valence-corrected chi connectivity index (χ4v) is 5.49. The molecule has 0 radical (unpaired) electrons. The average Bonchev–Trinajstić information content (AvgIpc) is 3.56. The molecule has 0 aromatic heterocycles. The van der Waals surface area contributed by atoms with Crippen LogP contribution in [0.1, 0.15) is 48.9 Å². The van der Waals surface area contributed by atoms with E-state index in [0.717, 1.165) is 23.3 Å². The van der Waals surface area contributed by atoms with Crippen LogP contribution in [0.4, 0.5) is 32.0 Å². The number of halogens is 6. The highest BCUT2D eigenvalue weighted by molar-refractivity contribution is 7.90. The van der Waals surface area contributed by atoms with Crippen molar-refractivity contribution in [1.29, 1.82) is 0 Å². The lowest BCUT2D eigenvalue weighted by atomic mass is 9.75. The first kappa shape index (κ1) is 30.3. The number of hydrogen-bond acceptors (Lipinski definition) is 5. The molecule has 222 valence electrons. The number of sulfone groups is 1. The first-order valence-electron chi connectivity index (χ1n) is 12.3. The van der Waals surface area contributed by atoms with Crippen molar-refractivity contribution in [2.75, 3.05) is 11.6 Å². The van der Waals surface area contributed by atoms with Crippen LogP contribution in [0, 0.1) is 0 Å². The third-order valence-electron chi connectivity index (χ3n) is 7.12. The second-order valence-corrected chi connectivity index (χ2v) is 12.2. The van der Waals surface area contributed by atoms with Gasteiger partial charge in [0.05, 0.1) is 11.3 Å². The van der Waals surface area contributed by atoms with E-state index in [4.69, 9.17) is 0 Å². The number of rotatable bonds is 7. The summed E-state index contributed by atoms with van der Waals surface area (Å²) in [5.74, 6) is -2.73. The predicted molar refractivity (Wildman–Crippen MR) is 133 cm³/mol. The zero-order valence-corrected chi connectivity index (χ0v) is 22.5. The maximum atomic E-state index is 14.1. The molecule has 1 fully saturated rings. The van der Waals surface area contributed by atoms with Crippen molar-refractivity contribution >= 4 is 33.2 Å². The molecule has 2 aromatic carbocycles. The Labute approximate surface area is 231 Å². The van der Waals surface area contributed by atoms with E-state index in [2.05, 4.69) is 10.6 Å². The minimum absolute atomic E-state index is 0.0278. The maximum Gasteiger partial charge on any atom is 0.407 e. The molecule has 0 saturated heterocycles. The third kappa shape index (κ3) is 5.90. The van der Waals surface area contributed by atoms with E-state index in [1.807, 2.05) is 0 Å². The van der Waals surface area contributed by atoms with Crippen LogP contribution in [-0.2, 0) is 36.2 Å². The molecular formula is C26H25F6N3O5S. The molecule has 2 N–H and O–H groups in total. The molecule has 3 amide bonds. The molecule has 1 saturated carbocycles. The minimum atomic E-state index is -5.88. The normalized spacial score (nSPS) is 17.7. The molecule has 0 bridgehead atoms. The Kier molecular flexibility index (Phi) is 7.65. The number of benzene rings is 2. The number of carbonyl (C=O) groups is 3. The SMILES string of the molecule is CC(=O)N1Cc2cc(S(C)(=O)=O)ccc2C1C(=O)Nc1ccc(C(CC(=O)NC2CC2)(C(F)(F)F)C(F)(F)F)cc1. The average molecular weight is 606 g/mol. The van der Waals surface area contributed by atoms with Crippen LogP contribution in [0.25, 0.3) is 0 Å². The fourth-order valence-electron chi connectivity index (χ4n) is 4.82. The van der Waals surface area contributed by atoms with E-state index in [9.17, 15) is 49.1 Å². The summed E-state index contributed by atoms with van der Waals surface area (Å²) in [7, 11) is -3.59. The number of anilines is 1. The van der Waals surface area contributed by atoms with Crippen molar-refractivity contribution in [3.63, 3.8) is 0 Å². The lowest BCUT2D eigenvalue weighted by Crippen LogP contribution is -2.56. The largest absolute Gasteiger partial charge is 0.407 e. The summed E-state index contributed by atoms with van der Waals surface area (Å²) in [6, 6.07) is 5.07. The van der Waals surface area contributed by atoms with E-state index in [1.165, 1.54) is 25.1 Å². The maximum absolute atomic E-state index is 14.1. The molecule has 4 rings (SSSR count). The van der Waals surface area contributed by atoms with Gasteiger partial charge in [-0.1, -0.05) is 18.2 Å². The van der Waals surface area contributed by atoms with Crippen LogP contribution >= 0.6 is 0 Å². The quantitative estimate of drug-likeness (QED) is 0.461. The van der Waals surface area contributed by atoms with E-state index in [0.29, 0.717) is 36.1 Å². The van der Waals surface area contributed by atoms with Crippen LogP contribution in [0.2, 0.25) is 0 Å². The fraction of sp³-hybridized carbons (Fsp3) is 0.423. The van der Waals surface area contributed by atoms with Gasteiger partial charge in [0.25, 0.3) is 5.91 Å². The zero-order chi connectivity index (χ0) is 30.5. The summed E-state index contributed by atoms with van der Waals surface area (Å²) in [6.07, 6.45) is -11.7. The molecule has 0 spiro atoms. The molecule has 1 aliphatic carbocycles. The number of alkyl halides is 6. The number of nitrogens with zero attached hydrogens (tertiary/aromatic N) is 1. The van der Waals surface area contributed by atoms with Crippen LogP contribution in [0.3, 0.4) is 0 Å². The summed E-state index contributed by atoms with van der Waals surface area (Å²) >= 11 is 0. The minimum Gasteiger partial charge on any atom is -0.353 e. The molecule has 1 atom stereocenters. The number of carbonyl (C=O) groups excluding carboxylic acids is 3. The van der Waals surface area contributed by atoms with Crippen molar-refractivity contribution in [1.82, 2.24) is 10.2 Å². The summed E-state index contributed by atoms with van der Waals surface area (Å²) in [6.45, 7) is 1.10. The molecule has 41 heavy (non-hydrogen) atoms. The summed E-state index contributed by atoms with van der Waals surface area (Å²) < 4.78 is 108. The van der Waals surface area contributed by atoms with Crippen LogP contribution in [-0.4, -0.2) is 55.7 Å². The van der Waals surface area contributed by atoms with Crippen molar-refractivity contribution in [2.24, 2.45) is 0 Å². The van der Waals surface area contributed by atoms with Gasteiger partial charge < -0.3 is 15.5 Å². The van der Waals surface area contributed by atoms with Gasteiger partial charge in [0.1, 0.15) is 6.04 Å². The van der Waals surface area contributed by atoms with Gasteiger partial charge in [0.2, 0.25) is 11.8 Å². The first-order valence-corrected chi connectivity index (χ1v) is 14.2. The standard InChI is InChI=1S/C26H25F6N3O5S/c1-14(36)35-13-15-11-19(41(2,39)40)9-10-20(15)22(35)23(38)34-18-5-3-16(4-6-18)24(25(27,28)29,26(30,31)32)12-21(37)33-17-7-8-17/h3-6,9-11,17,22H,7-8,12-13H2,1-2H3,(H,33,37)(H,34,38). The van der Waals surface area contributed by atoms with E-state index < -0.39 is 69.4 Å². The van der Waals surface area contributed by atoms with E-state index >= 15 is 0 Å². The van der Waals surface area contributed by atoms with Crippen molar-refractivity contribution in [3.8, 4) is 0 Å². The lowest BCUT2D eigenvalue weighted by Gasteiger charge is -2.37. The van der Waals surface area contributed by atoms with Crippen molar-refractivity contribution < 1.29 is 49.1 Å². The molecular weight excluding hydrogens is 580 g/mol. The third-order valence-corrected chi connectivity index (χ3v) is 8.23. The van der Waals surface area contributed by atoms with E-state index in [1.54, 1.807) is 0 Å². The van der Waals surface area contributed by atoms with Crippen molar-refractivity contribution in [2.45, 2.75) is 67.5 Å². The van der Waals surface area contributed by atoms with Gasteiger partial charge in [-0.3, -0.25) is 14.4 Å². The summed E-state index contributed by atoms with van der Waals surface area (Å²) in [5, 5.41) is 4.56.